The summed E-state index contributed by atoms with van der Waals surface area (Å²) in [5, 5.41) is 8.13. The van der Waals surface area contributed by atoms with Crippen LogP contribution in [0, 0.1) is 11.8 Å². The van der Waals surface area contributed by atoms with Crippen molar-refractivity contribution in [2.24, 2.45) is 11.8 Å². The molecule has 0 saturated carbocycles. The van der Waals surface area contributed by atoms with Crippen molar-refractivity contribution in [1.29, 1.82) is 0 Å². The molecule has 0 rings (SSSR count). The highest BCUT2D eigenvalue weighted by Gasteiger charge is 2.59. The maximum absolute atomic E-state index is 13.3. The first-order valence-corrected chi connectivity index (χ1v) is 4.96. The minimum atomic E-state index is -5.27. The van der Waals surface area contributed by atoms with Crippen LogP contribution in [0.2, 0.25) is 0 Å². The number of esters is 1. The lowest BCUT2D eigenvalue weighted by Crippen LogP contribution is -2.45. The lowest BCUT2D eigenvalue weighted by Gasteiger charge is -2.30. The number of aliphatic carboxylic acids is 1. The molecular formula is C10H11F5O4. The highest BCUT2D eigenvalue weighted by Crippen LogP contribution is 2.43. The molecule has 0 spiro atoms. The van der Waals surface area contributed by atoms with Crippen LogP contribution in [0.3, 0.4) is 0 Å². The zero-order valence-corrected chi connectivity index (χ0v) is 9.87. The summed E-state index contributed by atoms with van der Waals surface area (Å²) in [6.07, 6.45) is -9.78. The first kappa shape index (κ1) is 17.3. The fourth-order valence-corrected chi connectivity index (χ4v) is 1.33. The van der Waals surface area contributed by atoms with Gasteiger partial charge in [-0.25, -0.2) is 9.59 Å². The van der Waals surface area contributed by atoms with E-state index in [4.69, 9.17) is 5.11 Å². The van der Waals surface area contributed by atoms with Crippen molar-refractivity contribution in [3.63, 3.8) is 0 Å². The van der Waals surface area contributed by atoms with Crippen molar-refractivity contribution < 1.29 is 41.4 Å². The van der Waals surface area contributed by atoms with Gasteiger partial charge in [0.05, 0.1) is 0 Å². The maximum atomic E-state index is 13.3. The molecule has 0 aromatic carbocycles. The number of carboxylic acids is 1. The van der Waals surface area contributed by atoms with E-state index in [1.807, 2.05) is 0 Å². The van der Waals surface area contributed by atoms with Gasteiger partial charge in [-0.1, -0.05) is 13.8 Å². The number of carbonyl (C=O) groups is 2. The second-order valence-corrected chi connectivity index (χ2v) is 3.92. The summed E-state index contributed by atoms with van der Waals surface area (Å²) >= 11 is 0. The molecule has 1 N–H and O–H groups in total. The Balaban J connectivity index is 5.03. The van der Waals surface area contributed by atoms with Gasteiger partial charge in [-0.15, -0.1) is 0 Å². The molecular weight excluding hydrogens is 279 g/mol. The van der Waals surface area contributed by atoms with E-state index in [9.17, 15) is 31.5 Å². The van der Waals surface area contributed by atoms with Gasteiger partial charge in [0, 0.05) is 12.2 Å². The number of ether oxygens (including phenoxy) is 1. The molecule has 0 aliphatic carbocycles. The smallest absolute Gasteiger partial charge is 0.411 e. The van der Waals surface area contributed by atoms with Crippen LogP contribution in [0.15, 0.2) is 12.2 Å². The number of alkyl halides is 5. The topological polar surface area (TPSA) is 63.6 Å². The highest BCUT2D eigenvalue weighted by molar-refractivity contribution is 5.90. The molecule has 0 bridgehead atoms. The minimum absolute atomic E-state index is 0.101. The summed E-state index contributed by atoms with van der Waals surface area (Å²) in [4.78, 5) is 20.8. The Labute approximate surface area is 104 Å². The first-order valence-electron chi connectivity index (χ1n) is 4.96. The molecule has 4 nitrogen and oxygen atoms in total. The summed E-state index contributed by atoms with van der Waals surface area (Å²) in [6, 6.07) is 0. The second-order valence-electron chi connectivity index (χ2n) is 3.92. The molecule has 0 saturated heterocycles. The average molecular weight is 290 g/mol. The Hall–Kier alpha value is -1.67. The van der Waals surface area contributed by atoms with Gasteiger partial charge in [0.2, 0.25) is 0 Å². The third-order valence-corrected chi connectivity index (χ3v) is 1.98. The number of carbonyl (C=O) groups excluding carboxylic acids is 1. The minimum Gasteiger partial charge on any atom is -0.478 e. The molecule has 110 valence electrons. The Morgan fingerprint density at radius 1 is 1.11 bits per heavy atom. The molecule has 9 heteroatoms. The van der Waals surface area contributed by atoms with E-state index in [1.165, 1.54) is 0 Å². The van der Waals surface area contributed by atoms with E-state index in [2.05, 4.69) is 4.74 Å². The van der Waals surface area contributed by atoms with Gasteiger partial charge in [0.15, 0.2) is 5.92 Å². The molecule has 19 heavy (non-hydrogen) atoms. The summed E-state index contributed by atoms with van der Waals surface area (Å²) in [6.45, 7) is 1.79. The van der Waals surface area contributed by atoms with Gasteiger partial charge in [-0.2, -0.15) is 22.0 Å². The predicted molar refractivity (Wildman–Crippen MR) is 52.2 cm³/mol. The maximum Gasteiger partial charge on any atom is 0.411 e. The van der Waals surface area contributed by atoms with Crippen molar-refractivity contribution in [3.8, 4) is 0 Å². The van der Waals surface area contributed by atoms with Gasteiger partial charge >= 0.3 is 24.2 Å². The fourth-order valence-electron chi connectivity index (χ4n) is 1.33. The Morgan fingerprint density at radius 3 is 1.89 bits per heavy atom. The van der Waals surface area contributed by atoms with E-state index < -0.39 is 36.1 Å². The summed E-state index contributed by atoms with van der Waals surface area (Å²) in [7, 11) is 0. The van der Waals surface area contributed by atoms with Crippen molar-refractivity contribution in [2.45, 2.75) is 26.1 Å². The van der Waals surface area contributed by atoms with Gasteiger partial charge in [-0.05, 0) is 5.92 Å². The molecule has 0 aliphatic heterocycles. The van der Waals surface area contributed by atoms with Gasteiger partial charge in [0.25, 0.3) is 0 Å². The third-order valence-electron chi connectivity index (χ3n) is 1.98. The first-order chi connectivity index (χ1) is 8.38. The van der Waals surface area contributed by atoms with Crippen molar-refractivity contribution in [3.05, 3.63) is 12.2 Å². The lowest BCUT2D eigenvalue weighted by atomic mass is 9.94. The Bertz CT molecular complexity index is 373. The third kappa shape index (κ3) is 5.66. The number of carboxylic acid groups (broad SMARTS) is 1. The molecule has 0 aliphatic rings. The van der Waals surface area contributed by atoms with E-state index in [0.717, 1.165) is 13.8 Å². The van der Waals surface area contributed by atoms with Gasteiger partial charge < -0.3 is 9.84 Å². The largest absolute Gasteiger partial charge is 0.478 e. The SMILES string of the molecule is CC(C)C(C(F)(F)F)C(F)(F)OC(=O)C=CC(=O)O. The van der Waals surface area contributed by atoms with Crippen LogP contribution in [0.25, 0.3) is 0 Å². The monoisotopic (exact) mass is 290 g/mol. The van der Waals surface area contributed by atoms with Crippen LogP contribution in [0.5, 0.6) is 0 Å². The summed E-state index contributed by atoms with van der Waals surface area (Å²) < 4.78 is 67.3. The zero-order valence-electron chi connectivity index (χ0n) is 9.87. The normalized spacial score (nSPS) is 14.7. The van der Waals surface area contributed by atoms with Crippen LogP contribution >= 0.6 is 0 Å². The van der Waals surface area contributed by atoms with Crippen molar-refractivity contribution in [2.75, 3.05) is 0 Å². The standard InChI is InChI=1S/C10H11F5O4/c1-5(2)8(9(11,12)13)10(14,15)19-7(18)4-3-6(16)17/h3-5,8H,1-2H3,(H,16,17). The number of halogens is 5. The number of hydrogen-bond acceptors (Lipinski definition) is 3. The average Bonchev–Trinajstić information content (AvgIpc) is 2.09. The lowest BCUT2D eigenvalue weighted by molar-refractivity contribution is -0.329. The molecule has 1 atom stereocenters. The fraction of sp³-hybridized carbons (Fsp3) is 0.600. The van der Waals surface area contributed by atoms with Crippen LogP contribution < -0.4 is 0 Å². The molecule has 0 fully saturated rings. The van der Waals surface area contributed by atoms with Gasteiger partial charge in [-0.3, -0.25) is 0 Å². The van der Waals surface area contributed by atoms with Crippen LogP contribution in [0.4, 0.5) is 22.0 Å². The summed E-state index contributed by atoms with van der Waals surface area (Å²) in [5.41, 5.74) is 0. The number of rotatable bonds is 5. The quantitative estimate of drug-likeness (QED) is 0.480. The molecule has 0 aromatic heterocycles. The van der Waals surface area contributed by atoms with Crippen LogP contribution in [-0.2, 0) is 14.3 Å². The Kier molecular flexibility index (Phi) is 5.46. The van der Waals surface area contributed by atoms with Gasteiger partial charge in [0.1, 0.15) is 0 Å². The Morgan fingerprint density at radius 2 is 1.58 bits per heavy atom. The van der Waals surface area contributed by atoms with Crippen molar-refractivity contribution in [1.82, 2.24) is 0 Å². The molecule has 0 aromatic rings. The summed E-state index contributed by atoms with van der Waals surface area (Å²) in [5.74, 6) is -8.22. The zero-order chi connectivity index (χ0) is 15.4. The van der Waals surface area contributed by atoms with E-state index >= 15 is 0 Å². The molecule has 1 unspecified atom stereocenters. The van der Waals surface area contributed by atoms with Crippen molar-refractivity contribution >= 4 is 11.9 Å². The number of hydrogen-bond donors (Lipinski definition) is 1. The van der Waals surface area contributed by atoms with E-state index in [0.29, 0.717) is 0 Å². The highest BCUT2D eigenvalue weighted by atomic mass is 19.4. The molecule has 0 heterocycles. The molecule has 0 amide bonds. The van der Waals surface area contributed by atoms with E-state index in [1.54, 1.807) is 0 Å². The van der Waals surface area contributed by atoms with Crippen LogP contribution in [-0.4, -0.2) is 29.3 Å². The molecule has 0 radical (unpaired) electrons. The van der Waals surface area contributed by atoms with Crippen LogP contribution in [0.1, 0.15) is 13.8 Å². The predicted octanol–water partition coefficient (Wildman–Crippen LogP) is 2.60. The second kappa shape index (κ2) is 5.98. The van der Waals surface area contributed by atoms with E-state index in [-0.39, 0.29) is 12.2 Å².